The van der Waals surface area contributed by atoms with Crippen molar-refractivity contribution in [2.75, 3.05) is 0 Å². The highest BCUT2D eigenvalue weighted by molar-refractivity contribution is 8.13. The molecule has 0 atom stereocenters. The van der Waals surface area contributed by atoms with Gasteiger partial charge in [0.2, 0.25) is 0 Å². The third-order valence-corrected chi connectivity index (χ3v) is 4.09. The van der Waals surface area contributed by atoms with E-state index in [-0.39, 0.29) is 16.6 Å². The number of amides is 1. The molecule has 0 spiro atoms. The molecule has 4 nitrogen and oxygen atoms in total. The minimum absolute atomic E-state index is 0.0784. The summed E-state index contributed by atoms with van der Waals surface area (Å²) < 4.78 is 35.6. The Kier molecular flexibility index (Phi) is 3.53. The molecule has 0 radical (unpaired) electrons. The van der Waals surface area contributed by atoms with Gasteiger partial charge in [-0.1, -0.05) is 11.6 Å². The van der Waals surface area contributed by atoms with E-state index in [1.807, 2.05) is 0 Å². The lowest BCUT2D eigenvalue weighted by Crippen LogP contribution is -2.26. The SMILES string of the molecule is O=C(NC1CC1)c1cc(S(=O)(=O)Cl)c(F)cc1Cl. The van der Waals surface area contributed by atoms with Gasteiger partial charge in [0.1, 0.15) is 10.7 Å². The summed E-state index contributed by atoms with van der Waals surface area (Å²) >= 11 is 5.71. The molecule has 1 N–H and O–H groups in total. The topological polar surface area (TPSA) is 63.2 Å². The van der Waals surface area contributed by atoms with Gasteiger partial charge in [-0.3, -0.25) is 4.79 Å². The minimum Gasteiger partial charge on any atom is -0.349 e. The first-order valence-corrected chi connectivity index (χ1v) is 7.72. The van der Waals surface area contributed by atoms with Gasteiger partial charge in [0.15, 0.2) is 0 Å². The van der Waals surface area contributed by atoms with Gasteiger partial charge in [0.05, 0.1) is 10.6 Å². The van der Waals surface area contributed by atoms with E-state index in [0.29, 0.717) is 0 Å². The predicted octanol–water partition coefficient (Wildman–Crippen LogP) is 2.30. The number of hydrogen-bond acceptors (Lipinski definition) is 3. The predicted molar refractivity (Wildman–Crippen MR) is 64.9 cm³/mol. The number of carbonyl (C=O) groups excluding carboxylic acids is 1. The van der Waals surface area contributed by atoms with E-state index < -0.39 is 25.7 Å². The summed E-state index contributed by atoms with van der Waals surface area (Å²) in [5, 5.41) is 2.47. The van der Waals surface area contributed by atoms with Crippen LogP contribution < -0.4 is 5.32 Å². The summed E-state index contributed by atoms with van der Waals surface area (Å²) in [7, 11) is 0.808. The second-order valence-corrected chi connectivity index (χ2v) is 6.89. The minimum atomic E-state index is -4.26. The van der Waals surface area contributed by atoms with Crippen molar-refractivity contribution in [2.45, 2.75) is 23.8 Å². The highest BCUT2D eigenvalue weighted by Gasteiger charge is 2.27. The van der Waals surface area contributed by atoms with Crippen LogP contribution >= 0.6 is 22.3 Å². The lowest BCUT2D eigenvalue weighted by atomic mass is 10.2. The molecule has 1 fully saturated rings. The van der Waals surface area contributed by atoms with E-state index in [2.05, 4.69) is 5.32 Å². The quantitative estimate of drug-likeness (QED) is 0.871. The van der Waals surface area contributed by atoms with Gasteiger partial charge in [-0.15, -0.1) is 0 Å². The number of carbonyl (C=O) groups is 1. The van der Waals surface area contributed by atoms with Gasteiger partial charge < -0.3 is 5.32 Å². The molecule has 1 aromatic rings. The van der Waals surface area contributed by atoms with Crippen LogP contribution in [0.15, 0.2) is 17.0 Å². The average molecular weight is 312 g/mol. The summed E-state index contributed by atoms with van der Waals surface area (Å²) in [6.45, 7) is 0. The molecular formula is C10H8Cl2FNO3S. The number of halogens is 3. The molecule has 1 aromatic carbocycles. The Labute approximate surface area is 112 Å². The maximum Gasteiger partial charge on any atom is 0.264 e. The Morgan fingerprint density at radius 2 is 2.00 bits per heavy atom. The van der Waals surface area contributed by atoms with Crippen LogP contribution in [0.3, 0.4) is 0 Å². The largest absolute Gasteiger partial charge is 0.349 e. The van der Waals surface area contributed by atoms with Crippen molar-refractivity contribution in [1.82, 2.24) is 5.32 Å². The molecule has 18 heavy (non-hydrogen) atoms. The molecule has 1 amide bonds. The van der Waals surface area contributed by atoms with Gasteiger partial charge in [-0.2, -0.15) is 0 Å². The molecule has 1 aliphatic carbocycles. The van der Waals surface area contributed by atoms with Crippen LogP contribution in [-0.2, 0) is 9.05 Å². The maximum absolute atomic E-state index is 13.4. The molecular weight excluding hydrogens is 304 g/mol. The first-order chi connectivity index (χ1) is 8.29. The molecule has 0 heterocycles. The molecule has 0 bridgehead atoms. The van der Waals surface area contributed by atoms with Gasteiger partial charge in [0.25, 0.3) is 15.0 Å². The van der Waals surface area contributed by atoms with Gasteiger partial charge >= 0.3 is 0 Å². The molecule has 0 aliphatic heterocycles. The Bertz CT molecular complexity index is 614. The fourth-order valence-electron chi connectivity index (χ4n) is 1.38. The molecule has 1 saturated carbocycles. The van der Waals surface area contributed by atoms with Crippen LogP contribution in [0.1, 0.15) is 23.2 Å². The van der Waals surface area contributed by atoms with E-state index in [1.54, 1.807) is 0 Å². The van der Waals surface area contributed by atoms with Crippen LogP contribution in [-0.4, -0.2) is 20.4 Å². The zero-order valence-electron chi connectivity index (χ0n) is 8.91. The summed E-state index contributed by atoms with van der Waals surface area (Å²) in [6, 6.07) is 1.69. The summed E-state index contributed by atoms with van der Waals surface area (Å²) in [6.07, 6.45) is 1.73. The molecule has 0 unspecified atom stereocenters. The van der Waals surface area contributed by atoms with Gasteiger partial charge in [-0.25, -0.2) is 12.8 Å². The zero-order valence-corrected chi connectivity index (χ0v) is 11.2. The lowest BCUT2D eigenvalue weighted by molar-refractivity contribution is 0.0951. The average Bonchev–Trinajstić information content (AvgIpc) is 2.99. The smallest absolute Gasteiger partial charge is 0.264 e. The Hall–Kier alpha value is -0.850. The maximum atomic E-state index is 13.4. The summed E-state index contributed by atoms with van der Waals surface area (Å²) in [4.78, 5) is 11.0. The van der Waals surface area contributed by atoms with Gasteiger partial charge in [-0.05, 0) is 25.0 Å². The summed E-state index contributed by atoms with van der Waals surface area (Å²) in [5.74, 6) is -1.62. The first kappa shape index (κ1) is 13.6. The normalized spacial score (nSPS) is 15.5. The van der Waals surface area contributed by atoms with E-state index in [4.69, 9.17) is 22.3 Å². The van der Waals surface area contributed by atoms with Crippen molar-refractivity contribution in [3.05, 3.63) is 28.5 Å². The molecule has 1 aliphatic rings. The van der Waals surface area contributed by atoms with Crippen LogP contribution in [0.5, 0.6) is 0 Å². The van der Waals surface area contributed by atoms with E-state index >= 15 is 0 Å². The molecule has 98 valence electrons. The van der Waals surface area contributed by atoms with Crippen molar-refractivity contribution in [2.24, 2.45) is 0 Å². The first-order valence-electron chi connectivity index (χ1n) is 5.03. The second-order valence-electron chi connectivity index (χ2n) is 3.95. The van der Waals surface area contributed by atoms with Crippen LogP contribution in [0.4, 0.5) is 4.39 Å². The van der Waals surface area contributed by atoms with E-state index in [9.17, 15) is 17.6 Å². The number of benzene rings is 1. The third kappa shape index (κ3) is 2.93. The third-order valence-electron chi connectivity index (χ3n) is 2.44. The van der Waals surface area contributed by atoms with Crippen molar-refractivity contribution < 1.29 is 17.6 Å². The number of hydrogen-bond donors (Lipinski definition) is 1. The van der Waals surface area contributed by atoms with Crippen molar-refractivity contribution in [1.29, 1.82) is 0 Å². The van der Waals surface area contributed by atoms with Crippen LogP contribution in [0, 0.1) is 5.82 Å². The fraction of sp³-hybridized carbons (Fsp3) is 0.300. The van der Waals surface area contributed by atoms with Crippen LogP contribution in [0.2, 0.25) is 5.02 Å². The monoisotopic (exact) mass is 311 g/mol. The highest BCUT2D eigenvalue weighted by atomic mass is 35.7. The van der Waals surface area contributed by atoms with Crippen molar-refractivity contribution in [3.8, 4) is 0 Å². The Morgan fingerprint density at radius 3 is 2.50 bits per heavy atom. The van der Waals surface area contributed by atoms with Crippen molar-refractivity contribution in [3.63, 3.8) is 0 Å². The van der Waals surface area contributed by atoms with E-state index in [1.165, 1.54) is 0 Å². The van der Waals surface area contributed by atoms with Crippen LogP contribution in [0.25, 0.3) is 0 Å². The number of nitrogens with one attached hydrogen (secondary N) is 1. The Balaban J connectivity index is 2.43. The molecule has 0 aromatic heterocycles. The Morgan fingerprint density at radius 1 is 1.39 bits per heavy atom. The van der Waals surface area contributed by atoms with E-state index in [0.717, 1.165) is 25.0 Å². The summed E-state index contributed by atoms with van der Waals surface area (Å²) in [5.41, 5.74) is -0.107. The highest BCUT2D eigenvalue weighted by Crippen LogP contribution is 2.27. The zero-order chi connectivity index (χ0) is 13.5. The van der Waals surface area contributed by atoms with Gasteiger partial charge in [0, 0.05) is 16.7 Å². The number of rotatable bonds is 3. The molecule has 8 heteroatoms. The second kappa shape index (κ2) is 4.68. The molecule has 2 rings (SSSR count). The standard InChI is InChI=1S/C10H8Cl2FNO3S/c11-7-4-8(13)9(18(12,16)17)3-6(7)10(15)14-5-1-2-5/h3-5H,1-2H2,(H,14,15). The fourth-order valence-corrected chi connectivity index (χ4v) is 2.52. The lowest BCUT2D eigenvalue weighted by Gasteiger charge is -2.07. The molecule has 0 saturated heterocycles. The van der Waals surface area contributed by atoms with Crippen molar-refractivity contribution >= 4 is 37.2 Å².